The summed E-state index contributed by atoms with van der Waals surface area (Å²) in [5.74, 6) is 2.93. The predicted octanol–water partition coefficient (Wildman–Crippen LogP) is 2.56. The minimum atomic E-state index is -0.473. The van der Waals surface area contributed by atoms with Crippen LogP contribution >= 0.6 is 0 Å². The zero-order valence-corrected chi connectivity index (χ0v) is 15.3. The van der Waals surface area contributed by atoms with Gasteiger partial charge in [-0.1, -0.05) is 13.8 Å². The molecule has 1 aliphatic heterocycles. The molecule has 0 aliphatic carbocycles. The van der Waals surface area contributed by atoms with Gasteiger partial charge in [0.15, 0.2) is 0 Å². The molecular weight excluding hydrogens is 306 g/mol. The zero-order valence-electron chi connectivity index (χ0n) is 15.3. The number of aliphatic hydroxyl groups excluding tert-OH is 1. The van der Waals surface area contributed by atoms with Crippen LogP contribution in [0.2, 0.25) is 0 Å². The SMILES string of the molecule is COc1ccc(OC)c(COC[C@H](O)CN2C[C@H](C)C[C@@H](C)C2)c1. The quantitative estimate of drug-likeness (QED) is 0.790. The molecule has 1 N–H and O–H groups in total. The van der Waals surface area contributed by atoms with Crippen LogP contribution in [0.1, 0.15) is 25.8 Å². The Bertz CT molecular complexity index is 498. The second-order valence-electron chi connectivity index (χ2n) is 7.01. The Morgan fingerprint density at radius 3 is 2.50 bits per heavy atom. The Kier molecular flexibility index (Phi) is 7.34. The van der Waals surface area contributed by atoms with Crippen LogP contribution in [0.5, 0.6) is 11.5 Å². The summed E-state index contributed by atoms with van der Waals surface area (Å²) in [6.07, 6.45) is 0.803. The van der Waals surface area contributed by atoms with Gasteiger partial charge in [-0.25, -0.2) is 0 Å². The fraction of sp³-hybridized carbons (Fsp3) is 0.684. The summed E-state index contributed by atoms with van der Waals surface area (Å²) in [6.45, 7) is 8.06. The number of hydrogen-bond donors (Lipinski definition) is 1. The van der Waals surface area contributed by atoms with Crippen LogP contribution in [0.15, 0.2) is 18.2 Å². The molecule has 1 aromatic carbocycles. The highest BCUT2D eigenvalue weighted by Gasteiger charge is 2.23. The minimum absolute atomic E-state index is 0.319. The molecule has 1 fully saturated rings. The summed E-state index contributed by atoms with van der Waals surface area (Å²) in [6, 6.07) is 5.62. The number of nitrogens with zero attached hydrogens (tertiary/aromatic N) is 1. The maximum atomic E-state index is 10.3. The van der Waals surface area contributed by atoms with Crippen molar-refractivity contribution in [2.75, 3.05) is 40.5 Å². The van der Waals surface area contributed by atoms with E-state index in [1.54, 1.807) is 14.2 Å². The van der Waals surface area contributed by atoms with E-state index in [9.17, 15) is 5.11 Å². The van der Waals surface area contributed by atoms with E-state index in [2.05, 4.69) is 18.7 Å². The molecule has 1 aliphatic rings. The van der Waals surface area contributed by atoms with Crippen LogP contribution in [0.3, 0.4) is 0 Å². The number of benzene rings is 1. The molecule has 3 atom stereocenters. The summed E-state index contributed by atoms with van der Waals surface area (Å²) in [5.41, 5.74) is 0.921. The number of β-amino-alcohol motifs (C(OH)–C–C–N with tert-alkyl or cyclic N) is 1. The van der Waals surface area contributed by atoms with Crippen molar-refractivity contribution in [3.63, 3.8) is 0 Å². The molecule has 0 unspecified atom stereocenters. The number of methoxy groups -OCH3 is 2. The number of hydrogen-bond acceptors (Lipinski definition) is 5. The van der Waals surface area contributed by atoms with Gasteiger partial charge in [0.1, 0.15) is 11.5 Å². The van der Waals surface area contributed by atoms with E-state index in [0.717, 1.165) is 30.2 Å². The first-order chi connectivity index (χ1) is 11.5. The van der Waals surface area contributed by atoms with Gasteiger partial charge in [0, 0.05) is 25.2 Å². The van der Waals surface area contributed by atoms with Gasteiger partial charge in [0.2, 0.25) is 0 Å². The molecule has 5 nitrogen and oxygen atoms in total. The average Bonchev–Trinajstić information content (AvgIpc) is 2.53. The summed E-state index contributed by atoms with van der Waals surface area (Å²) in [7, 11) is 3.27. The molecule has 0 radical (unpaired) electrons. The molecule has 0 bridgehead atoms. The molecule has 1 aromatic rings. The Hall–Kier alpha value is -1.30. The Morgan fingerprint density at radius 1 is 1.17 bits per heavy atom. The van der Waals surface area contributed by atoms with E-state index in [-0.39, 0.29) is 0 Å². The van der Waals surface area contributed by atoms with Gasteiger partial charge in [-0.2, -0.15) is 0 Å². The first kappa shape index (κ1) is 19.0. The van der Waals surface area contributed by atoms with E-state index in [1.807, 2.05) is 18.2 Å². The highest BCUT2D eigenvalue weighted by atomic mass is 16.5. The molecule has 1 heterocycles. The third-order valence-corrected chi connectivity index (χ3v) is 4.47. The average molecular weight is 337 g/mol. The van der Waals surface area contributed by atoms with Crippen molar-refractivity contribution in [3.05, 3.63) is 23.8 Å². The standard InChI is InChI=1S/C19H31NO4/c1-14-7-15(2)10-20(9-14)11-17(21)13-24-12-16-8-18(22-3)5-6-19(16)23-4/h5-6,8,14-15,17,21H,7,9-13H2,1-4H3/t14-,15-,17-/m1/s1. The van der Waals surface area contributed by atoms with Crippen LogP contribution < -0.4 is 9.47 Å². The summed E-state index contributed by atoms with van der Waals surface area (Å²) in [5, 5.41) is 10.3. The minimum Gasteiger partial charge on any atom is -0.497 e. The van der Waals surface area contributed by atoms with E-state index in [0.29, 0.717) is 31.6 Å². The third kappa shape index (κ3) is 5.65. The van der Waals surface area contributed by atoms with Crippen molar-refractivity contribution in [2.24, 2.45) is 11.8 Å². The smallest absolute Gasteiger partial charge is 0.124 e. The molecule has 0 saturated carbocycles. The second-order valence-corrected chi connectivity index (χ2v) is 7.01. The van der Waals surface area contributed by atoms with Crippen LogP contribution in [-0.4, -0.2) is 56.6 Å². The lowest BCUT2D eigenvalue weighted by Gasteiger charge is -2.35. The number of rotatable bonds is 8. The van der Waals surface area contributed by atoms with Crippen molar-refractivity contribution in [3.8, 4) is 11.5 Å². The highest BCUT2D eigenvalue weighted by molar-refractivity contribution is 5.39. The fourth-order valence-corrected chi connectivity index (χ4v) is 3.59. The van der Waals surface area contributed by atoms with Crippen LogP contribution in [0, 0.1) is 11.8 Å². The molecule has 136 valence electrons. The van der Waals surface area contributed by atoms with Gasteiger partial charge in [0.05, 0.1) is 33.5 Å². The van der Waals surface area contributed by atoms with E-state index in [1.165, 1.54) is 6.42 Å². The van der Waals surface area contributed by atoms with Gasteiger partial charge in [-0.3, -0.25) is 0 Å². The number of ether oxygens (including phenoxy) is 3. The van der Waals surface area contributed by atoms with Crippen molar-refractivity contribution in [1.82, 2.24) is 4.90 Å². The number of likely N-dealkylation sites (tertiary alicyclic amines) is 1. The first-order valence-electron chi connectivity index (χ1n) is 8.70. The first-order valence-corrected chi connectivity index (χ1v) is 8.70. The number of aliphatic hydroxyl groups is 1. The molecule has 2 rings (SSSR count). The lowest BCUT2D eigenvalue weighted by atomic mass is 9.92. The summed E-state index contributed by atoms with van der Waals surface area (Å²) < 4.78 is 16.3. The lowest BCUT2D eigenvalue weighted by molar-refractivity contribution is -0.00131. The predicted molar refractivity (Wildman–Crippen MR) is 94.6 cm³/mol. The zero-order chi connectivity index (χ0) is 17.5. The van der Waals surface area contributed by atoms with Gasteiger partial charge in [-0.15, -0.1) is 0 Å². The van der Waals surface area contributed by atoms with Gasteiger partial charge < -0.3 is 24.2 Å². The normalized spacial score (nSPS) is 23.0. The van der Waals surface area contributed by atoms with Crippen molar-refractivity contribution in [2.45, 2.75) is 33.0 Å². The van der Waals surface area contributed by atoms with Gasteiger partial charge in [0.25, 0.3) is 0 Å². The summed E-state index contributed by atoms with van der Waals surface area (Å²) in [4.78, 5) is 2.35. The molecule has 0 amide bonds. The van der Waals surface area contributed by atoms with Crippen LogP contribution in [-0.2, 0) is 11.3 Å². The third-order valence-electron chi connectivity index (χ3n) is 4.47. The van der Waals surface area contributed by atoms with Crippen molar-refractivity contribution >= 4 is 0 Å². The maximum absolute atomic E-state index is 10.3. The largest absolute Gasteiger partial charge is 0.497 e. The van der Waals surface area contributed by atoms with E-state index in [4.69, 9.17) is 14.2 Å². The lowest BCUT2D eigenvalue weighted by Crippen LogP contribution is -2.43. The summed E-state index contributed by atoms with van der Waals surface area (Å²) >= 11 is 0. The molecule has 0 spiro atoms. The number of piperidine rings is 1. The molecule has 5 heteroatoms. The topological polar surface area (TPSA) is 51.2 Å². The van der Waals surface area contributed by atoms with Gasteiger partial charge in [-0.05, 0) is 36.5 Å². The van der Waals surface area contributed by atoms with Crippen molar-refractivity contribution < 1.29 is 19.3 Å². The van der Waals surface area contributed by atoms with Crippen LogP contribution in [0.4, 0.5) is 0 Å². The van der Waals surface area contributed by atoms with Crippen molar-refractivity contribution in [1.29, 1.82) is 0 Å². The maximum Gasteiger partial charge on any atom is 0.124 e. The van der Waals surface area contributed by atoms with Crippen LogP contribution in [0.25, 0.3) is 0 Å². The monoisotopic (exact) mass is 337 g/mol. The Balaban J connectivity index is 1.79. The molecule has 1 saturated heterocycles. The molecule has 0 aromatic heterocycles. The fourth-order valence-electron chi connectivity index (χ4n) is 3.59. The molecular formula is C19H31NO4. The van der Waals surface area contributed by atoms with E-state index < -0.39 is 6.10 Å². The van der Waals surface area contributed by atoms with Gasteiger partial charge >= 0.3 is 0 Å². The highest BCUT2D eigenvalue weighted by Crippen LogP contribution is 2.25. The Labute approximate surface area is 145 Å². The van der Waals surface area contributed by atoms with E-state index >= 15 is 0 Å². The Morgan fingerprint density at radius 2 is 1.88 bits per heavy atom. The second kappa shape index (κ2) is 9.25. The molecule has 24 heavy (non-hydrogen) atoms.